The Labute approximate surface area is 185 Å². The van der Waals surface area contributed by atoms with Gasteiger partial charge in [0.2, 0.25) is 17.7 Å². The van der Waals surface area contributed by atoms with E-state index in [2.05, 4.69) is 25.9 Å². The van der Waals surface area contributed by atoms with Crippen molar-refractivity contribution in [1.82, 2.24) is 25.9 Å². The molecule has 1 heterocycles. The number of thioether (sulfide) groups is 1. The molecule has 31 heavy (non-hydrogen) atoms. The number of carbonyl (C=O) groups excluding carboxylic acids is 3. The van der Waals surface area contributed by atoms with E-state index in [0.29, 0.717) is 17.9 Å². The van der Waals surface area contributed by atoms with Gasteiger partial charge in [-0.1, -0.05) is 13.8 Å². The van der Waals surface area contributed by atoms with Gasteiger partial charge in [0.25, 0.3) is 0 Å². The number of nitrogens with two attached hydrogens (primary N) is 1. The second-order valence-corrected chi connectivity index (χ2v) is 8.53. The normalized spacial score (nSPS) is 14.9. The Morgan fingerprint density at radius 3 is 2.19 bits per heavy atom. The van der Waals surface area contributed by atoms with Crippen molar-refractivity contribution in [2.24, 2.45) is 11.7 Å². The summed E-state index contributed by atoms with van der Waals surface area (Å²) in [5.41, 5.74) is 6.17. The molecule has 1 aromatic heterocycles. The number of aliphatic carboxylic acids is 1. The molecule has 0 fully saturated rings. The van der Waals surface area contributed by atoms with Crippen LogP contribution in [-0.2, 0) is 25.6 Å². The Balaban J connectivity index is 3.02. The van der Waals surface area contributed by atoms with Gasteiger partial charge < -0.3 is 31.8 Å². The molecular weight excluding hydrogens is 424 g/mol. The number of carboxylic acids is 1. The smallest absolute Gasteiger partial charge is 0.326 e. The Kier molecular flexibility index (Phi) is 11.0. The molecule has 0 radical (unpaired) electrons. The summed E-state index contributed by atoms with van der Waals surface area (Å²) in [6.07, 6.45) is 5.22. The Morgan fingerprint density at radius 1 is 1.10 bits per heavy atom. The third-order valence-electron chi connectivity index (χ3n) is 4.50. The molecule has 174 valence electrons. The second-order valence-electron chi connectivity index (χ2n) is 7.54. The molecule has 4 unspecified atom stereocenters. The lowest BCUT2D eigenvalue weighted by Crippen LogP contribution is -2.58. The number of carboxylic acid groups (broad SMARTS) is 1. The molecule has 0 spiro atoms. The van der Waals surface area contributed by atoms with Gasteiger partial charge in [-0.3, -0.25) is 14.4 Å². The number of aromatic amines is 1. The predicted octanol–water partition coefficient (Wildman–Crippen LogP) is -0.752. The van der Waals surface area contributed by atoms with Crippen LogP contribution in [0.3, 0.4) is 0 Å². The number of nitrogens with one attached hydrogen (secondary N) is 4. The van der Waals surface area contributed by atoms with Crippen LogP contribution in [0, 0.1) is 5.92 Å². The first-order chi connectivity index (χ1) is 14.6. The summed E-state index contributed by atoms with van der Waals surface area (Å²) >= 11 is 1.51. The number of carbonyl (C=O) groups is 4. The minimum Gasteiger partial charge on any atom is -0.480 e. The SMILES string of the molecule is CSCCC(NC(=O)C(C)N)C(=O)NC(Cc1cnc[nH]1)C(=O)NC(C(=O)O)C(C)C. The lowest BCUT2D eigenvalue weighted by atomic mass is 10.0. The van der Waals surface area contributed by atoms with E-state index in [4.69, 9.17) is 5.73 Å². The van der Waals surface area contributed by atoms with Gasteiger partial charge in [-0.15, -0.1) is 0 Å². The van der Waals surface area contributed by atoms with Gasteiger partial charge in [-0.05, 0) is 31.3 Å². The van der Waals surface area contributed by atoms with Gasteiger partial charge in [0.15, 0.2) is 0 Å². The van der Waals surface area contributed by atoms with E-state index in [1.165, 1.54) is 31.2 Å². The summed E-state index contributed by atoms with van der Waals surface area (Å²) in [6.45, 7) is 4.85. The summed E-state index contributed by atoms with van der Waals surface area (Å²) in [4.78, 5) is 56.0. The third-order valence-corrected chi connectivity index (χ3v) is 5.14. The van der Waals surface area contributed by atoms with Crippen molar-refractivity contribution in [2.75, 3.05) is 12.0 Å². The van der Waals surface area contributed by atoms with Crippen LogP contribution in [0.2, 0.25) is 0 Å². The van der Waals surface area contributed by atoms with E-state index in [9.17, 15) is 24.3 Å². The number of rotatable bonds is 13. The van der Waals surface area contributed by atoms with Crippen molar-refractivity contribution < 1.29 is 24.3 Å². The molecule has 0 aromatic carbocycles. The highest BCUT2D eigenvalue weighted by atomic mass is 32.2. The van der Waals surface area contributed by atoms with Crippen LogP contribution >= 0.6 is 11.8 Å². The molecule has 0 aliphatic heterocycles. The Bertz CT molecular complexity index is 740. The molecular formula is C19H32N6O5S. The Hall–Kier alpha value is -2.60. The van der Waals surface area contributed by atoms with E-state index in [-0.39, 0.29) is 12.3 Å². The summed E-state index contributed by atoms with van der Waals surface area (Å²) in [7, 11) is 0. The highest BCUT2D eigenvalue weighted by Crippen LogP contribution is 2.07. The van der Waals surface area contributed by atoms with E-state index in [0.717, 1.165) is 0 Å². The van der Waals surface area contributed by atoms with Gasteiger partial charge in [0.1, 0.15) is 18.1 Å². The summed E-state index contributed by atoms with van der Waals surface area (Å²) in [5, 5.41) is 17.1. The molecule has 0 saturated carbocycles. The van der Waals surface area contributed by atoms with Crippen molar-refractivity contribution in [2.45, 2.75) is 57.8 Å². The summed E-state index contributed by atoms with van der Waals surface area (Å²) in [5.74, 6) is -2.61. The number of nitrogens with zero attached hydrogens (tertiary/aromatic N) is 1. The number of H-pyrrole nitrogens is 1. The van der Waals surface area contributed by atoms with E-state index < -0.39 is 47.9 Å². The van der Waals surface area contributed by atoms with E-state index >= 15 is 0 Å². The first-order valence-corrected chi connectivity index (χ1v) is 11.3. The molecule has 1 rings (SSSR count). The van der Waals surface area contributed by atoms with Crippen molar-refractivity contribution in [1.29, 1.82) is 0 Å². The molecule has 0 saturated heterocycles. The zero-order valence-corrected chi connectivity index (χ0v) is 19.0. The maximum absolute atomic E-state index is 12.9. The molecule has 7 N–H and O–H groups in total. The number of hydrogen-bond acceptors (Lipinski definition) is 7. The molecule has 0 aliphatic rings. The minimum atomic E-state index is -1.17. The van der Waals surface area contributed by atoms with Crippen molar-refractivity contribution in [3.8, 4) is 0 Å². The largest absolute Gasteiger partial charge is 0.480 e. The van der Waals surface area contributed by atoms with Crippen LogP contribution in [0.15, 0.2) is 12.5 Å². The highest BCUT2D eigenvalue weighted by Gasteiger charge is 2.31. The van der Waals surface area contributed by atoms with Gasteiger partial charge in [-0.25, -0.2) is 9.78 Å². The van der Waals surface area contributed by atoms with Gasteiger partial charge in [0, 0.05) is 18.3 Å². The average molecular weight is 457 g/mol. The van der Waals surface area contributed by atoms with Gasteiger partial charge in [-0.2, -0.15) is 11.8 Å². The van der Waals surface area contributed by atoms with Crippen molar-refractivity contribution >= 4 is 35.5 Å². The number of aromatic nitrogens is 2. The molecule has 0 bridgehead atoms. The first kappa shape index (κ1) is 26.4. The van der Waals surface area contributed by atoms with E-state index in [1.807, 2.05) is 6.26 Å². The number of hydrogen-bond donors (Lipinski definition) is 6. The molecule has 1 aromatic rings. The van der Waals surface area contributed by atoms with Crippen LogP contribution in [0.5, 0.6) is 0 Å². The van der Waals surface area contributed by atoms with Crippen molar-refractivity contribution in [3.63, 3.8) is 0 Å². The van der Waals surface area contributed by atoms with E-state index in [1.54, 1.807) is 13.8 Å². The second kappa shape index (κ2) is 13.0. The molecule has 3 amide bonds. The van der Waals surface area contributed by atoms with Crippen LogP contribution in [0.1, 0.15) is 32.9 Å². The minimum absolute atomic E-state index is 0.0679. The topological polar surface area (TPSA) is 179 Å². The van der Waals surface area contributed by atoms with Crippen LogP contribution < -0.4 is 21.7 Å². The molecule has 12 heteroatoms. The highest BCUT2D eigenvalue weighted by molar-refractivity contribution is 7.98. The molecule has 0 aliphatic carbocycles. The molecule has 11 nitrogen and oxygen atoms in total. The Morgan fingerprint density at radius 2 is 1.71 bits per heavy atom. The number of imidazole rings is 1. The van der Waals surface area contributed by atoms with Crippen LogP contribution in [0.25, 0.3) is 0 Å². The quantitative estimate of drug-likeness (QED) is 0.224. The fourth-order valence-corrected chi connectivity index (χ4v) is 3.14. The average Bonchev–Trinajstić information content (AvgIpc) is 3.20. The lowest BCUT2D eigenvalue weighted by Gasteiger charge is -2.25. The lowest BCUT2D eigenvalue weighted by molar-refractivity contribution is -0.143. The zero-order valence-electron chi connectivity index (χ0n) is 18.2. The first-order valence-electron chi connectivity index (χ1n) is 9.92. The maximum atomic E-state index is 12.9. The molecule has 4 atom stereocenters. The van der Waals surface area contributed by atoms with Crippen LogP contribution in [0.4, 0.5) is 0 Å². The zero-order chi connectivity index (χ0) is 23.6. The third kappa shape index (κ3) is 8.97. The standard InChI is InChI=1S/C19H32N6O5S/c1-10(2)15(19(29)30)25-18(28)14(7-12-8-21-9-22-12)24-17(27)13(5-6-31-4)23-16(26)11(3)20/h8-11,13-15H,5-7,20H2,1-4H3,(H,21,22)(H,23,26)(H,24,27)(H,25,28)(H,29,30). The van der Waals surface area contributed by atoms with Crippen molar-refractivity contribution in [3.05, 3.63) is 18.2 Å². The maximum Gasteiger partial charge on any atom is 0.326 e. The van der Waals surface area contributed by atoms with Crippen LogP contribution in [-0.4, -0.2) is 74.9 Å². The van der Waals surface area contributed by atoms with Gasteiger partial charge >= 0.3 is 5.97 Å². The summed E-state index contributed by atoms with van der Waals surface area (Å²) < 4.78 is 0. The fraction of sp³-hybridized carbons (Fsp3) is 0.632. The monoisotopic (exact) mass is 456 g/mol. The number of amides is 3. The summed E-state index contributed by atoms with van der Waals surface area (Å²) in [6, 6.07) is -3.87. The predicted molar refractivity (Wildman–Crippen MR) is 117 cm³/mol. The fourth-order valence-electron chi connectivity index (χ4n) is 2.67. The van der Waals surface area contributed by atoms with Gasteiger partial charge in [0.05, 0.1) is 12.4 Å².